The third-order valence-electron chi connectivity index (χ3n) is 2.40. The van der Waals surface area contributed by atoms with Crippen LogP contribution in [0.1, 0.15) is 10.4 Å². The van der Waals surface area contributed by atoms with E-state index in [2.05, 4.69) is 4.74 Å². The van der Waals surface area contributed by atoms with Gasteiger partial charge >= 0.3 is 5.97 Å². The minimum atomic E-state index is -4.12. The minimum Gasteiger partial charge on any atom is -0.465 e. The van der Waals surface area contributed by atoms with E-state index in [1.165, 1.54) is 24.3 Å². The molecule has 0 aromatic heterocycles. The summed E-state index contributed by atoms with van der Waals surface area (Å²) in [5.41, 5.74) is -0.143. The largest absolute Gasteiger partial charge is 0.465 e. The summed E-state index contributed by atoms with van der Waals surface area (Å²) in [7, 11) is -2.99. The van der Waals surface area contributed by atoms with Gasteiger partial charge in [0, 0.05) is 0 Å². The van der Waals surface area contributed by atoms with Crippen molar-refractivity contribution in [1.29, 1.82) is 10.5 Å². The normalized spacial score (nSPS) is 10.6. The summed E-state index contributed by atoms with van der Waals surface area (Å²) in [4.78, 5) is 11.3. The highest BCUT2D eigenvalue weighted by molar-refractivity contribution is 7.89. The molecule has 0 aliphatic rings. The molecule has 8 heteroatoms. The highest BCUT2D eigenvalue weighted by atomic mass is 32.2. The van der Waals surface area contributed by atoms with Crippen molar-refractivity contribution in [2.75, 3.05) is 20.2 Å². The molecule has 0 unspecified atom stereocenters. The molecule has 7 nitrogen and oxygen atoms in total. The Bertz CT molecular complexity index is 669. The van der Waals surface area contributed by atoms with Gasteiger partial charge in [0.2, 0.25) is 10.0 Å². The zero-order valence-electron chi connectivity index (χ0n) is 10.6. The van der Waals surface area contributed by atoms with Gasteiger partial charge in [-0.2, -0.15) is 14.8 Å². The van der Waals surface area contributed by atoms with Crippen molar-refractivity contribution in [2.24, 2.45) is 0 Å². The third-order valence-corrected chi connectivity index (χ3v) is 4.25. The highest BCUT2D eigenvalue weighted by Crippen LogP contribution is 2.20. The van der Waals surface area contributed by atoms with Crippen LogP contribution in [0.2, 0.25) is 0 Å². The summed E-state index contributed by atoms with van der Waals surface area (Å²) < 4.78 is 29.9. The average Bonchev–Trinajstić information content (AvgIpc) is 2.46. The highest BCUT2D eigenvalue weighted by Gasteiger charge is 2.28. The molecule has 0 aliphatic carbocycles. The molecule has 0 heterocycles. The fourth-order valence-corrected chi connectivity index (χ4v) is 2.91. The van der Waals surface area contributed by atoms with Gasteiger partial charge in [-0.25, -0.2) is 13.2 Å². The van der Waals surface area contributed by atoms with Crippen LogP contribution in [0.25, 0.3) is 0 Å². The zero-order valence-corrected chi connectivity index (χ0v) is 11.4. The Morgan fingerprint density at radius 3 is 2.30 bits per heavy atom. The lowest BCUT2D eigenvalue weighted by Gasteiger charge is -2.17. The first-order chi connectivity index (χ1) is 9.48. The Hall–Kier alpha value is -2.42. The topological polar surface area (TPSA) is 111 Å². The Morgan fingerprint density at radius 1 is 1.25 bits per heavy atom. The molecular formula is C12H11N3O4S. The number of carbonyl (C=O) groups excluding carboxylic acids is 1. The summed E-state index contributed by atoms with van der Waals surface area (Å²) in [5, 5.41) is 17.3. The number of rotatable bonds is 5. The van der Waals surface area contributed by atoms with Crippen molar-refractivity contribution in [3.63, 3.8) is 0 Å². The molecule has 1 rings (SSSR count). The first-order valence-corrected chi connectivity index (χ1v) is 6.84. The molecule has 0 atom stereocenters. The van der Waals surface area contributed by atoms with Crippen LogP contribution in [0.5, 0.6) is 0 Å². The van der Waals surface area contributed by atoms with Gasteiger partial charge in [-0.15, -0.1) is 0 Å². The van der Waals surface area contributed by atoms with Crippen molar-refractivity contribution in [2.45, 2.75) is 4.90 Å². The monoisotopic (exact) mass is 293 g/mol. The molecule has 0 saturated carbocycles. The Balaban J connectivity index is 3.39. The number of hydrogen-bond donors (Lipinski definition) is 0. The second-order valence-corrected chi connectivity index (χ2v) is 5.48. The van der Waals surface area contributed by atoms with Crippen LogP contribution in [-0.2, 0) is 14.8 Å². The second-order valence-electron chi connectivity index (χ2n) is 3.58. The summed E-state index contributed by atoms with van der Waals surface area (Å²) in [6.07, 6.45) is 0. The number of esters is 1. The number of nitrogens with zero attached hydrogens (tertiary/aromatic N) is 3. The molecule has 0 aliphatic heterocycles. The van der Waals surface area contributed by atoms with Crippen LogP contribution < -0.4 is 0 Å². The van der Waals surface area contributed by atoms with Crippen LogP contribution in [-0.4, -0.2) is 38.9 Å². The number of nitriles is 2. The van der Waals surface area contributed by atoms with E-state index >= 15 is 0 Å². The summed E-state index contributed by atoms with van der Waals surface area (Å²) in [6, 6.07) is 8.80. The van der Waals surface area contributed by atoms with Gasteiger partial charge in [-0.05, 0) is 12.1 Å². The lowest BCUT2D eigenvalue weighted by atomic mass is 10.2. The fraction of sp³-hybridized carbons (Fsp3) is 0.250. The Labute approximate surface area is 116 Å². The standard InChI is InChI=1S/C12H11N3O4S/c1-19-12(16)10-4-2-3-5-11(10)20(17,18)15(8-6-13)9-7-14/h2-5H,8-9H2,1H3. The number of benzene rings is 1. The molecule has 0 fully saturated rings. The van der Waals surface area contributed by atoms with Gasteiger partial charge < -0.3 is 4.74 Å². The molecule has 0 N–H and O–H groups in total. The number of hydrogen-bond acceptors (Lipinski definition) is 6. The molecule has 0 amide bonds. The van der Waals surface area contributed by atoms with E-state index in [1.54, 1.807) is 12.1 Å². The van der Waals surface area contributed by atoms with Gasteiger partial charge in [0.1, 0.15) is 13.1 Å². The SMILES string of the molecule is COC(=O)c1ccccc1S(=O)(=O)N(CC#N)CC#N. The Kier molecular flexibility index (Phi) is 5.21. The second kappa shape index (κ2) is 6.66. The maximum Gasteiger partial charge on any atom is 0.339 e. The van der Waals surface area contributed by atoms with Crippen LogP contribution in [0, 0.1) is 22.7 Å². The van der Waals surface area contributed by atoms with E-state index in [4.69, 9.17) is 10.5 Å². The van der Waals surface area contributed by atoms with Crippen LogP contribution in [0.4, 0.5) is 0 Å². The summed E-state index contributed by atoms with van der Waals surface area (Å²) in [6.45, 7) is -0.962. The van der Waals surface area contributed by atoms with E-state index in [0.717, 1.165) is 7.11 Å². The van der Waals surface area contributed by atoms with Crippen LogP contribution in [0.15, 0.2) is 29.2 Å². The number of sulfonamides is 1. The quantitative estimate of drug-likeness (QED) is 0.577. The van der Waals surface area contributed by atoms with Crippen LogP contribution >= 0.6 is 0 Å². The van der Waals surface area contributed by atoms with Gasteiger partial charge in [-0.3, -0.25) is 0 Å². The first kappa shape index (κ1) is 15.6. The zero-order chi connectivity index (χ0) is 15.2. The van der Waals surface area contributed by atoms with Gasteiger partial charge in [0.15, 0.2) is 0 Å². The van der Waals surface area contributed by atoms with Gasteiger partial charge in [-0.1, -0.05) is 12.1 Å². The Morgan fingerprint density at radius 2 is 1.80 bits per heavy atom. The maximum atomic E-state index is 12.4. The molecule has 20 heavy (non-hydrogen) atoms. The number of methoxy groups -OCH3 is 1. The molecule has 0 radical (unpaired) electrons. The number of ether oxygens (including phenoxy) is 1. The van der Waals surface area contributed by atoms with Crippen LogP contribution in [0.3, 0.4) is 0 Å². The summed E-state index contributed by atoms with van der Waals surface area (Å²) >= 11 is 0. The third kappa shape index (κ3) is 3.12. The molecule has 0 spiro atoms. The molecule has 0 saturated heterocycles. The van der Waals surface area contributed by atoms with Crippen molar-refractivity contribution in [3.05, 3.63) is 29.8 Å². The van der Waals surface area contributed by atoms with E-state index in [0.29, 0.717) is 4.31 Å². The lowest BCUT2D eigenvalue weighted by molar-refractivity contribution is 0.0596. The fourth-order valence-electron chi connectivity index (χ4n) is 1.49. The predicted octanol–water partition coefficient (Wildman–Crippen LogP) is 0.511. The molecule has 104 valence electrons. The van der Waals surface area contributed by atoms with Crippen molar-refractivity contribution in [3.8, 4) is 12.1 Å². The molecule has 0 bridgehead atoms. The minimum absolute atomic E-state index is 0.143. The maximum absolute atomic E-state index is 12.4. The molecular weight excluding hydrogens is 282 g/mol. The van der Waals surface area contributed by atoms with E-state index in [-0.39, 0.29) is 10.5 Å². The van der Waals surface area contributed by atoms with E-state index < -0.39 is 29.1 Å². The van der Waals surface area contributed by atoms with Crippen molar-refractivity contribution >= 4 is 16.0 Å². The first-order valence-electron chi connectivity index (χ1n) is 5.40. The van der Waals surface area contributed by atoms with Gasteiger partial charge in [0.05, 0.1) is 29.7 Å². The van der Waals surface area contributed by atoms with E-state index in [1.807, 2.05) is 0 Å². The predicted molar refractivity (Wildman–Crippen MR) is 67.8 cm³/mol. The lowest BCUT2D eigenvalue weighted by Crippen LogP contribution is -2.33. The van der Waals surface area contributed by atoms with Gasteiger partial charge in [0.25, 0.3) is 0 Å². The molecule has 1 aromatic carbocycles. The molecule has 1 aromatic rings. The average molecular weight is 293 g/mol. The van der Waals surface area contributed by atoms with E-state index in [9.17, 15) is 13.2 Å². The van der Waals surface area contributed by atoms with Crippen molar-refractivity contribution < 1.29 is 17.9 Å². The van der Waals surface area contributed by atoms with Crippen molar-refractivity contribution in [1.82, 2.24) is 4.31 Å². The smallest absolute Gasteiger partial charge is 0.339 e. The number of carbonyl (C=O) groups is 1. The summed E-state index contributed by atoms with van der Waals surface area (Å²) in [5.74, 6) is -0.807.